The lowest BCUT2D eigenvalue weighted by atomic mass is 9.95. The largest absolute Gasteiger partial charge is 0.472 e. The quantitative estimate of drug-likeness (QED) is 0.741. The third kappa shape index (κ3) is 4.11. The van der Waals surface area contributed by atoms with Crippen molar-refractivity contribution in [3.8, 4) is 0 Å². The van der Waals surface area contributed by atoms with Crippen molar-refractivity contribution in [1.29, 1.82) is 0 Å². The molecule has 7 heteroatoms. The molecular weight excluding hydrogens is 340 g/mol. The Labute approximate surface area is 150 Å². The number of amides is 2. The Morgan fingerprint density at radius 2 is 2.12 bits per heavy atom. The third-order valence-electron chi connectivity index (χ3n) is 4.22. The second-order valence-electron chi connectivity index (χ2n) is 5.98. The zero-order valence-corrected chi connectivity index (χ0v) is 15.0. The lowest BCUT2D eigenvalue weighted by Crippen LogP contribution is -2.27. The Hall–Kier alpha value is -2.12. The van der Waals surface area contributed by atoms with Crippen LogP contribution in [-0.2, 0) is 17.6 Å². The lowest BCUT2D eigenvalue weighted by Gasteiger charge is -2.13. The van der Waals surface area contributed by atoms with Gasteiger partial charge in [-0.1, -0.05) is 0 Å². The molecule has 2 heterocycles. The van der Waals surface area contributed by atoms with Crippen LogP contribution in [0.5, 0.6) is 0 Å². The highest BCUT2D eigenvalue weighted by Gasteiger charge is 2.26. The fourth-order valence-corrected chi connectivity index (χ4v) is 4.25. The Morgan fingerprint density at radius 1 is 1.28 bits per heavy atom. The maximum absolute atomic E-state index is 12.7. The van der Waals surface area contributed by atoms with Crippen LogP contribution in [0.1, 0.15) is 50.4 Å². The first-order valence-electron chi connectivity index (χ1n) is 8.46. The summed E-state index contributed by atoms with van der Waals surface area (Å²) in [5.74, 6) is -0.390. The summed E-state index contributed by atoms with van der Waals surface area (Å²) >= 11 is 1.51. The Morgan fingerprint density at radius 3 is 2.88 bits per heavy atom. The molecule has 2 aromatic rings. The molecule has 0 saturated heterocycles. The molecule has 1 aliphatic rings. The van der Waals surface area contributed by atoms with Gasteiger partial charge in [-0.05, 0) is 43.7 Å². The number of hydrogen-bond acceptors (Lipinski definition) is 5. The van der Waals surface area contributed by atoms with Crippen LogP contribution in [0.15, 0.2) is 23.0 Å². The van der Waals surface area contributed by atoms with Crippen molar-refractivity contribution in [3.05, 3.63) is 40.2 Å². The van der Waals surface area contributed by atoms with E-state index >= 15 is 0 Å². The van der Waals surface area contributed by atoms with Crippen LogP contribution in [0.3, 0.4) is 0 Å². The number of hydrogen-bond donors (Lipinski definition) is 2. The Kier molecular flexibility index (Phi) is 5.88. The topological polar surface area (TPSA) is 80.6 Å². The normalized spacial score (nSPS) is 13.3. The molecule has 134 valence electrons. The number of anilines is 1. The summed E-state index contributed by atoms with van der Waals surface area (Å²) in [6, 6.07) is 1.60. The van der Waals surface area contributed by atoms with Gasteiger partial charge in [-0.15, -0.1) is 11.3 Å². The van der Waals surface area contributed by atoms with Crippen LogP contribution in [-0.4, -0.2) is 32.1 Å². The van der Waals surface area contributed by atoms with Gasteiger partial charge in [0.15, 0.2) is 0 Å². The van der Waals surface area contributed by atoms with Gasteiger partial charge >= 0.3 is 0 Å². The highest BCUT2D eigenvalue weighted by atomic mass is 32.1. The minimum atomic E-state index is -0.263. The number of ether oxygens (including phenoxy) is 1. The summed E-state index contributed by atoms with van der Waals surface area (Å²) < 4.78 is 9.97. The molecule has 25 heavy (non-hydrogen) atoms. The molecule has 0 aromatic carbocycles. The van der Waals surface area contributed by atoms with Crippen LogP contribution >= 0.6 is 11.3 Å². The van der Waals surface area contributed by atoms with E-state index in [4.69, 9.17) is 9.15 Å². The van der Waals surface area contributed by atoms with Crippen molar-refractivity contribution in [1.82, 2.24) is 5.32 Å². The second-order valence-corrected chi connectivity index (χ2v) is 7.09. The first kappa shape index (κ1) is 17.7. The first-order valence-corrected chi connectivity index (χ1v) is 9.27. The van der Waals surface area contributed by atoms with E-state index < -0.39 is 0 Å². The molecule has 6 nitrogen and oxygen atoms in total. The second kappa shape index (κ2) is 8.31. The highest BCUT2D eigenvalue weighted by molar-refractivity contribution is 7.17. The van der Waals surface area contributed by atoms with E-state index in [1.807, 2.05) is 0 Å². The number of carbonyl (C=O) groups excluding carboxylic acids is 2. The van der Waals surface area contributed by atoms with Gasteiger partial charge in [0.05, 0.1) is 17.4 Å². The molecule has 0 bridgehead atoms. The zero-order valence-electron chi connectivity index (χ0n) is 14.2. The van der Waals surface area contributed by atoms with Gasteiger partial charge in [0, 0.05) is 25.1 Å². The van der Waals surface area contributed by atoms with Crippen LogP contribution in [0, 0.1) is 0 Å². The van der Waals surface area contributed by atoms with Gasteiger partial charge in [-0.3, -0.25) is 9.59 Å². The molecule has 2 N–H and O–H groups in total. The van der Waals surface area contributed by atoms with Crippen LogP contribution in [0.4, 0.5) is 5.00 Å². The predicted molar refractivity (Wildman–Crippen MR) is 96.4 cm³/mol. The van der Waals surface area contributed by atoms with Gasteiger partial charge in [0.1, 0.15) is 11.3 Å². The average molecular weight is 362 g/mol. The fourth-order valence-electron chi connectivity index (χ4n) is 2.97. The number of carbonyl (C=O) groups is 2. The highest BCUT2D eigenvalue weighted by Crippen LogP contribution is 2.38. The van der Waals surface area contributed by atoms with Crippen LogP contribution < -0.4 is 10.6 Å². The lowest BCUT2D eigenvalue weighted by molar-refractivity contribution is 0.0948. The molecule has 2 aromatic heterocycles. The van der Waals surface area contributed by atoms with E-state index in [1.54, 1.807) is 13.2 Å². The van der Waals surface area contributed by atoms with E-state index in [0.29, 0.717) is 29.3 Å². The van der Waals surface area contributed by atoms with E-state index in [2.05, 4.69) is 10.6 Å². The number of aryl methyl sites for hydroxylation is 1. The molecule has 1 aliphatic carbocycles. The van der Waals surface area contributed by atoms with Gasteiger partial charge in [-0.25, -0.2) is 0 Å². The molecule has 0 spiro atoms. The molecule has 0 fully saturated rings. The van der Waals surface area contributed by atoms with E-state index in [9.17, 15) is 9.59 Å². The average Bonchev–Trinajstić information content (AvgIpc) is 3.26. The number of thiophene rings is 1. The summed E-state index contributed by atoms with van der Waals surface area (Å²) in [5.41, 5.74) is 2.15. The Bertz CT molecular complexity index is 737. The molecule has 3 rings (SSSR count). The maximum Gasteiger partial charge on any atom is 0.259 e. The number of furan rings is 1. The van der Waals surface area contributed by atoms with E-state index in [0.717, 1.165) is 37.7 Å². The molecule has 2 amide bonds. The Balaban J connectivity index is 1.80. The van der Waals surface area contributed by atoms with Crippen molar-refractivity contribution in [2.75, 3.05) is 25.6 Å². The maximum atomic E-state index is 12.7. The molecule has 0 saturated carbocycles. The van der Waals surface area contributed by atoms with E-state index in [1.165, 1.54) is 28.7 Å². The molecule has 0 unspecified atom stereocenters. The van der Waals surface area contributed by atoms with Crippen molar-refractivity contribution in [2.24, 2.45) is 0 Å². The predicted octanol–water partition coefficient (Wildman–Crippen LogP) is 3.24. The van der Waals surface area contributed by atoms with Gasteiger partial charge in [-0.2, -0.15) is 0 Å². The smallest absolute Gasteiger partial charge is 0.259 e. The summed E-state index contributed by atoms with van der Waals surface area (Å²) in [6.07, 6.45) is 7.65. The van der Waals surface area contributed by atoms with Crippen LogP contribution in [0.2, 0.25) is 0 Å². The summed E-state index contributed by atoms with van der Waals surface area (Å²) in [5, 5.41) is 6.45. The number of nitrogens with one attached hydrogen (secondary N) is 2. The van der Waals surface area contributed by atoms with Crippen molar-refractivity contribution in [3.63, 3.8) is 0 Å². The standard InChI is InChI=1S/C18H22N2O4S/c1-23-9-4-8-19-17(22)15-13-5-2-3-6-14(13)25-18(15)20-16(21)12-7-10-24-11-12/h7,10-11H,2-6,8-9H2,1H3,(H,19,22)(H,20,21). The van der Waals surface area contributed by atoms with Gasteiger partial charge < -0.3 is 19.8 Å². The van der Waals surface area contributed by atoms with Crippen molar-refractivity contribution in [2.45, 2.75) is 32.1 Å². The van der Waals surface area contributed by atoms with Gasteiger partial charge in [0.2, 0.25) is 0 Å². The van der Waals surface area contributed by atoms with Crippen molar-refractivity contribution < 1.29 is 18.7 Å². The fraction of sp³-hybridized carbons (Fsp3) is 0.444. The molecule has 0 aliphatic heterocycles. The monoisotopic (exact) mass is 362 g/mol. The van der Waals surface area contributed by atoms with Gasteiger partial charge in [0.25, 0.3) is 11.8 Å². The summed E-state index contributed by atoms with van der Waals surface area (Å²) in [7, 11) is 1.64. The molecule has 0 radical (unpaired) electrons. The summed E-state index contributed by atoms with van der Waals surface area (Å²) in [4.78, 5) is 26.3. The first-order chi connectivity index (χ1) is 12.2. The molecular formula is C18H22N2O4S. The minimum absolute atomic E-state index is 0.127. The number of methoxy groups -OCH3 is 1. The summed E-state index contributed by atoms with van der Waals surface area (Å²) in [6.45, 7) is 1.15. The van der Waals surface area contributed by atoms with E-state index in [-0.39, 0.29) is 11.8 Å². The molecule has 0 atom stereocenters. The van der Waals surface area contributed by atoms with Crippen molar-refractivity contribution >= 4 is 28.2 Å². The number of rotatable bonds is 7. The number of fused-ring (bicyclic) bond motifs is 1. The zero-order chi connectivity index (χ0) is 17.6. The minimum Gasteiger partial charge on any atom is -0.472 e. The SMILES string of the molecule is COCCCNC(=O)c1c(NC(=O)c2ccoc2)sc2c1CCCC2. The van der Waals surface area contributed by atoms with Crippen LogP contribution in [0.25, 0.3) is 0 Å². The third-order valence-corrected chi connectivity index (χ3v) is 5.43.